The Labute approximate surface area is 177 Å². The first-order chi connectivity index (χ1) is 14.2. The minimum absolute atomic E-state index is 0.340. The number of carboxylic acids is 1. The maximum absolute atomic E-state index is 11.1. The summed E-state index contributed by atoms with van der Waals surface area (Å²) in [6.07, 6.45) is 17.5. The zero-order valence-electron chi connectivity index (χ0n) is 18.2. The number of carbonyl (C=O) groups is 1. The molecule has 0 unspecified atom stereocenters. The summed E-state index contributed by atoms with van der Waals surface area (Å²) < 4.78 is 0. The number of hydrogen-bond acceptors (Lipinski definition) is 1. The van der Waals surface area contributed by atoms with Crippen molar-refractivity contribution in [3.63, 3.8) is 0 Å². The molecule has 0 aromatic heterocycles. The van der Waals surface area contributed by atoms with Crippen LogP contribution in [0.1, 0.15) is 99.9 Å². The summed E-state index contributed by atoms with van der Waals surface area (Å²) in [7, 11) is 0. The Bertz CT molecular complexity index is 703. The molecule has 0 aliphatic rings. The first-order valence-electron chi connectivity index (χ1n) is 11.6. The summed E-state index contributed by atoms with van der Waals surface area (Å²) in [5.41, 5.74) is 4.03. The van der Waals surface area contributed by atoms with E-state index in [-0.39, 0.29) is 0 Å². The van der Waals surface area contributed by atoms with Crippen LogP contribution in [0.3, 0.4) is 0 Å². The summed E-state index contributed by atoms with van der Waals surface area (Å²) in [5.74, 6) is -0.874. The monoisotopic (exact) mass is 394 g/mol. The molecule has 0 radical (unpaired) electrons. The first kappa shape index (κ1) is 23.2. The molecule has 1 N–H and O–H groups in total. The molecule has 2 rings (SSSR count). The van der Waals surface area contributed by atoms with Crippen molar-refractivity contribution in [3.05, 3.63) is 59.7 Å². The van der Waals surface area contributed by atoms with Crippen LogP contribution < -0.4 is 0 Å². The van der Waals surface area contributed by atoms with Crippen molar-refractivity contribution in [2.24, 2.45) is 0 Å². The summed E-state index contributed by atoms with van der Waals surface area (Å²) in [6.45, 7) is 2.27. The van der Waals surface area contributed by atoms with Crippen molar-refractivity contribution in [1.82, 2.24) is 0 Å². The molecule has 0 spiro atoms. The Hall–Kier alpha value is -2.09. The molecule has 0 atom stereocenters. The molecule has 2 heteroatoms. The summed E-state index contributed by atoms with van der Waals surface area (Å²) in [6, 6.07) is 15.7. The van der Waals surface area contributed by atoms with Crippen LogP contribution >= 0.6 is 0 Å². The topological polar surface area (TPSA) is 37.3 Å². The van der Waals surface area contributed by atoms with Gasteiger partial charge in [0.2, 0.25) is 0 Å². The van der Waals surface area contributed by atoms with E-state index in [1.54, 1.807) is 12.1 Å². The highest BCUT2D eigenvalue weighted by Gasteiger charge is 2.07. The Morgan fingerprint density at radius 2 is 1.21 bits per heavy atom. The van der Waals surface area contributed by atoms with E-state index < -0.39 is 5.97 Å². The second kappa shape index (κ2) is 14.0. The van der Waals surface area contributed by atoms with Gasteiger partial charge >= 0.3 is 5.97 Å². The summed E-state index contributed by atoms with van der Waals surface area (Å²) in [4.78, 5) is 11.1. The lowest BCUT2D eigenvalue weighted by atomic mass is 9.95. The van der Waals surface area contributed by atoms with Gasteiger partial charge in [-0.05, 0) is 41.7 Å². The molecular weight excluding hydrogens is 356 g/mol. The Balaban J connectivity index is 1.65. The van der Waals surface area contributed by atoms with Crippen molar-refractivity contribution in [2.45, 2.75) is 90.4 Å². The molecule has 0 amide bonds. The Morgan fingerprint density at radius 1 is 0.690 bits per heavy atom. The average molecular weight is 395 g/mol. The maximum Gasteiger partial charge on any atom is 0.335 e. The second-order valence-electron chi connectivity index (χ2n) is 8.18. The highest BCUT2D eigenvalue weighted by Crippen LogP contribution is 2.26. The van der Waals surface area contributed by atoms with E-state index in [9.17, 15) is 4.79 Å². The number of rotatable bonds is 15. The highest BCUT2D eigenvalue weighted by molar-refractivity contribution is 5.88. The molecule has 0 saturated carbocycles. The average Bonchev–Trinajstić information content (AvgIpc) is 2.75. The Morgan fingerprint density at radius 3 is 1.76 bits per heavy atom. The number of aromatic carboxylic acids is 1. The van der Waals surface area contributed by atoms with Crippen LogP contribution in [0.15, 0.2) is 48.5 Å². The molecule has 0 heterocycles. The number of benzene rings is 2. The third-order valence-electron chi connectivity index (χ3n) is 5.76. The smallest absolute Gasteiger partial charge is 0.335 e. The fourth-order valence-corrected chi connectivity index (χ4v) is 3.97. The van der Waals surface area contributed by atoms with Crippen LogP contribution in [0.25, 0.3) is 11.1 Å². The van der Waals surface area contributed by atoms with E-state index in [0.29, 0.717) is 5.56 Å². The SMILES string of the molecule is CCCCCCCCCCCCCCc1ccccc1-c1ccc(C(=O)O)cc1. The molecule has 0 aliphatic heterocycles. The molecule has 158 valence electrons. The van der Waals surface area contributed by atoms with E-state index in [2.05, 4.69) is 31.2 Å². The lowest BCUT2D eigenvalue weighted by molar-refractivity contribution is 0.0697. The molecule has 0 fully saturated rings. The van der Waals surface area contributed by atoms with Gasteiger partial charge in [-0.1, -0.05) is 114 Å². The third-order valence-corrected chi connectivity index (χ3v) is 5.76. The van der Waals surface area contributed by atoms with Crippen LogP contribution in [0.4, 0.5) is 0 Å². The predicted octanol–water partition coefficient (Wildman–Crippen LogP) is 8.30. The van der Waals surface area contributed by atoms with E-state index >= 15 is 0 Å². The van der Waals surface area contributed by atoms with Crippen LogP contribution in [0.5, 0.6) is 0 Å². The first-order valence-corrected chi connectivity index (χ1v) is 11.6. The van der Waals surface area contributed by atoms with Crippen LogP contribution in [-0.2, 0) is 6.42 Å². The van der Waals surface area contributed by atoms with Gasteiger partial charge in [-0.15, -0.1) is 0 Å². The lowest BCUT2D eigenvalue weighted by Gasteiger charge is -2.10. The second-order valence-corrected chi connectivity index (χ2v) is 8.18. The fraction of sp³-hybridized carbons (Fsp3) is 0.519. The maximum atomic E-state index is 11.1. The molecule has 2 nitrogen and oxygen atoms in total. The van der Waals surface area contributed by atoms with E-state index in [0.717, 1.165) is 12.0 Å². The molecule has 29 heavy (non-hydrogen) atoms. The molecule has 0 aliphatic carbocycles. The van der Waals surface area contributed by atoms with Crippen LogP contribution in [0.2, 0.25) is 0 Å². The lowest BCUT2D eigenvalue weighted by Crippen LogP contribution is -1.96. The quantitative estimate of drug-likeness (QED) is 0.308. The van der Waals surface area contributed by atoms with Gasteiger partial charge in [0.1, 0.15) is 0 Å². The van der Waals surface area contributed by atoms with Crippen LogP contribution in [0, 0.1) is 0 Å². The van der Waals surface area contributed by atoms with Crippen molar-refractivity contribution >= 4 is 5.97 Å². The zero-order valence-corrected chi connectivity index (χ0v) is 18.2. The third kappa shape index (κ3) is 8.85. The van der Waals surface area contributed by atoms with Gasteiger partial charge in [0.05, 0.1) is 5.56 Å². The molecule has 2 aromatic carbocycles. The van der Waals surface area contributed by atoms with Crippen molar-refractivity contribution in [1.29, 1.82) is 0 Å². The number of hydrogen-bond donors (Lipinski definition) is 1. The molecular formula is C27H38O2. The van der Waals surface area contributed by atoms with Gasteiger partial charge in [0, 0.05) is 0 Å². The van der Waals surface area contributed by atoms with Gasteiger partial charge in [-0.3, -0.25) is 0 Å². The van der Waals surface area contributed by atoms with E-state index in [1.165, 1.54) is 88.2 Å². The highest BCUT2D eigenvalue weighted by atomic mass is 16.4. The van der Waals surface area contributed by atoms with E-state index in [1.807, 2.05) is 12.1 Å². The normalized spacial score (nSPS) is 10.9. The predicted molar refractivity (Wildman–Crippen MR) is 124 cm³/mol. The standard InChI is InChI=1S/C27H38O2/c1-2-3-4-5-6-7-8-9-10-11-12-13-16-23-17-14-15-18-26(23)24-19-21-25(22-20-24)27(28)29/h14-15,17-22H,2-13,16H2,1H3,(H,28,29). The molecule has 0 saturated heterocycles. The summed E-state index contributed by atoms with van der Waals surface area (Å²) >= 11 is 0. The van der Waals surface area contributed by atoms with Gasteiger partial charge < -0.3 is 5.11 Å². The zero-order chi connectivity index (χ0) is 20.7. The number of carboxylic acid groups (broad SMARTS) is 1. The van der Waals surface area contributed by atoms with Crippen LogP contribution in [-0.4, -0.2) is 11.1 Å². The van der Waals surface area contributed by atoms with Gasteiger partial charge in [-0.2, -0.15) is 0 Å². The van der Waals surface area contributed by atoms with Gasteiger partial charge in [0.15, 0.2) is 0 Å². The number of aryl methyl sites for hydroxylation is 1. The fourth-order valence-electron chi connectivity index (χ4n) is 3.97. The van der Waals surface area contributed by atoms with Gasteiger partial charge in [-0.25, -0.2) is 4.79 Å². The molecule has 0 bridgehead atoms. The minimum atomic E-state index is -0.874. The van der Waals surface area contributed by atoms with Crippen molar-refractivity contribution in [2.75, 3.05) is 0 Å². The van der Waals surface area contributed by atoms with Crippen molar-refractivity contribution < 1.29 is 9.90 Å². The van der Waals surface area contributed by atoms with Crippen molar-refractivity contribution in [3.8, 4) is 11.1 Å². The number of unbranched alkanes of at least 4 members (excludes halogenated alkanes) is 11. The summed E-state index contributed by atoms with van der Waals surface area (Å²) in [5, 5.41) is 9.08. The van der Waals surface area contributed by atoms with E-state index in [4.69, 9.17) is 5.11 Å². The molecule has 2 aromatic rings. The van der Waals surface area contributed by atoms with Gasteiger partial charge in [0.25, 0.3) is 0 Å². The Kier molecular flexibility index (Phi) is 11.2. The minimum Gasteiger partial charge on any atom is -0.478 e. The largest absolute Gasteiger partial charge is 0.478 e.